The second-order valence-corrected chi connectivity index (χ2v) is 3.91. The topological polar surface area (TPSA) is 88.2 Å². The van der Waals surface area contributed by atoms with Crippen molar-refractivity contribution in [3.05, 3.63) is 24.0 Å². The van der Waals surface area contributed by atoms with Crippen LogP contribution in [0.1, 0.15) is 24.3 Å². The molecular formula is C10H16ClN3O2. The third-order valence-electron chi connectivity index (χ3n) is 1.96. The molecular weight excluding hydrogens is 230 g/mol. The molecule has 1 aromatic rings. The third-order valence-corrected chi connectivity index (χ3v) is 1.96. The first kappa shape index (κ1) is 14.7. The third kappa shape index (κ3) is 3.67. The minimum atomic E-state index is -0.513. The molecule has 0 bridgehead atoms. The van der Waals surface area contributed by atoms with E-state index in [0.29, 0.717) is 6.54 Å². The van der Waals surface area contributed by atoms with Gasteiger partial charge in [0.05, 0.1) is 0 Å². The Labute approximate surface area is 100 Å². The molecule has 6 heteroatoms. The summed E-state index contributed by atoms with van der Waals surface area (Å²) in [4.78, 5) is 15.4. The van der Waals surface area contributed by atoms with Crippen LogP contribution in [0.2, 0.25) is 0 Å². The van der Waals surface area contributed by atoms with Crippen LogP contribution in [0, 0.1) is 0 Å². The number of aromatic nitrogens is 1. The van der Waals surface area contributed by atoms with E-state index in [1.807, 2.05) is 0 Å². The van der Waals surface area contributed by atoms with Crippen LogP contribution in [0.25, 0.3) is 0 Å². The fraction of sp³-hybridized carbons (Fsp3) is 0.400. The number of nitrogens with two attached hydrogens (primary N) is 1. The fourth-order valence-electron chi connectivity index (χ4n) is 0.989. The van der Waals surface area contributed by atoms with Crippen LogP contribution < -0.4 is 11.1 Å². The summed E-state index contributed by atoms with van der Waals surface area (Å²) in [7, 11) is 0. The van der Waals surface area contributed by atoms with Crippen LogP contribution in [0.3, 0.4) is 0 Å². The molecule has 0 saturated carbocycles. The Hall–Kier alpha value is -1.33. The fourth-order valence-corrected chi connectivity index (χ4v) is 0.989. The average molecular weight is 246 g/mol. The number of nitrogens with one attached hydrogen (secondary N) is 1. The van der Waals surface area contributed by atoms with E-state index < -0.39 is 11.4 Å². The van der Waals surface area contributed by atoms with Gasteiger partial charge in [-0.25, -0.2) is 4.98 Å². The first-order valence-corrected chi connectivity index (χ1v) is 4.63. The predicted molar refractivity (Wildman–Crippen MR) is 63.7 cm³/mol. The number of carbonyl (C=O) groups is 1. The summed E-state index contributed by atoms with van der Waals surface area (Å²) in [6.45, 7) is 3.90. The number of rotatable bonds is 3. The van der Waals surface area contributed by atoms with E-state index in [0.717, 1.165) is 0 Å². The van der Waals surface area contributed by atoms with Gasteiger partial charge in [0.1, 0.15) is 5.75 Å². The van der Waals surface area contributed by atoms with Crippen LogP contribution >= 0.6 is 12.4 Å². The first-order chi connectivity index (χ1) is 6.96. The van der Waals surface area contributed by atoms with Crippen molar-refractivity contribution >= 4 is 18.3 Å². The molecule has 0 spiro atoms. The van der Waals surface area contributed by atoms with E-state index >= 15 is 0 Å². The van der Waals surface area contributed by atoms with Crippen molar-refractivity contribution in [2.75, 3.05) is 6.54 Å². The van der Waals surface area contributed by atoms with E-state index in [9.17, 15) is 9.90 Å². The van der Waals surface area contributed by atoms with Gasteiger partial charge in [-0.2, -0.15) is 0 Å². The Balaban J connectivity index is 0.00000225. The van der Waals surface area contributed by atoms with E-state index in [1.54, 1.807) is 19.9 Å². The summed E-state index contributed by atoms with van der Waals surface area (Å²) >= 11 is 0. The molecule has 0 aliphatic heterocycles. The molecule has 16 heavy (non-hydrogen) atoms. The van der Waals surface area contributed by atoms with Crippen molar-refractivity contribution in [1.82, 2.24) is 10.3 Å². The second-order valence-electron chi connectivity index (χ2n) is 3.91. The molecule has 5 nitrogen and oxygen atoms in total. The van der Waals surface area contributed by atoms with Gasteiger partial charge in [-0.3, -0.25) is 4.79 Å². The van der Waals surface area contributed by atoms with Crippen molar-refractivity contribution in [1.29, 1.82) is 0 Å². The van der Waals surface area contributed by atoms with Crippen molar-refractivity contribution in [3.63, 3.8) is 0 Å². The molecule has 0 aliphatic carbocycles. The molecule has 4 N–H and O–H groups in total. The molecule has 0 atom stereocenters. The van der Waals surface area contributed by atoms with E-state index in [2.05, 4.69) is 10.3 Å². The smallest absolute Gasteiger partial charge is 0.274 e. The van der Waals surface area contributed by atoms with Gasteiger partial charge in [0, 0.05) is 18.3 Å². The number of pyridine rings is 1. The molecule has 0 radical (unpaired) electrons. The molecule has 0 fully saturated rings. The average Bonchev–Trinajstić information content (AvgIpc) is 2.17. The second kappa shape index (κ2) is 5.67. The molecule has 1 aromatic heterocycles. The summed E-state index contributed by atoms with van der Waals surface area (Å²) < 4.78 is 0. The lowest BCUT2D eigenvalue weighted by Gasteiger charge is -2.23. The Kier molecular flexibility index (Phi) is 5.20. The Morgan fingerprint density at radius 3 is 2.75 bits per heavy atom. The van der Waals surface area contributed by atoms with Crippen LogP contribution in [-0.2, 0) is 0 Å². The van der Waals surface area contributed by atoms with Crippen LogP contribution in [0.5, 0.6) is 5.75 Å². The predicted octanol–water partition coefficient (Wildman–Crippen LogP) is 0.676. The highest BCUT2D eigenvalue weighted by molar-refractivity contribution is 5.95. The van der Waals surface area contributed by atoms with Gasteiger partial charge in [-0.05, 0) is 26.0 Å². The largest absolute Gasteiger partial charge is 0.505 e. The molecule has 0 saturated heterocycles. The number of aromatic hydroxyl groups is 1. The number of amides is 1. The van der Waals surface area contributed by atoms with Crippen molar-refractivity contribution in [2.45, 2.75) is 19.4 Å². The van der Waals surface area contributed by atoms with E-state index in [-0.39, 0.29) is 23.9 Å². The SMILES string of the molecule is CC(C)(CN)NC(=O)c1ncccc1O.Cl. The summed E-state index contributed by atoms with van der Waals surface area (Å²) in [6.07, 6.45) is 1.45. The molecule has 1 amide bonds. The van der Waals surface area contributed by atoms with Gasteiger partial charge in [-0.15, -0.1) is 12.4 Å². The number of carbonyl (C=O) groups excluding carboxylic acids is 1. The minimum absolute atomic E-state index is 0. The number of hydrogen-bond acceptors (Lipinski definition) is 4. The zero-order valence-electron chi connectivity index (χ0n) is 9.23. The van der Waals surface area contributed by atoms with Crippen molar-refractivity contribution in [2.24, 2.45) is 5.73 Å². The Morgan fingerprint density at radius 2 is 2.25 bits per heavy atom. The first-order valence-electron chi connectivity index (χ1n) is 4.63. The highest BCUT2D eigenvalue weighted by Gasteiger charge is 2.21. The normalized spacial score (nSPS) is 10.4. The van der Waals surface area contributed by atoms with Crippen molar-refractivity contribution in [3.8, 4) is 5.75 Å². The molecule has 0 unspecified atom stereocenters. The number of halogens is 1. The maximum absolute atomic E-state index is 11.7. The maximum Gasteiger partial charge on any atom is 0.274 e. The van der Waals surface area contributed by atoms with Crippen LogP contribution in [0.4, 0.5) is 0 Å². The summed E-state index contributed by atoms with van der Waals surface area (Å²) in [5, 5.41) is 12.1. The van der Waals surface area contributed by atoms with Gasteiger partial charge in [0.15, 0.2) is 5.69 Å². The van der Waals surface area contributed by atoms with Gasteiger partial charge in [0.25, 0.3) is 5.91 Å². The summed E-state index contributed by atoms with van der Waals surface area (Å²) in [5.41, 5.74) is 4.97. The molecule has 0 aromatic carbocycles. The van der Waals surface area contributed by atoms with Gasteiger partial charge >= 0.3 is 0 Å². The summed E-state index contributed by atoms with van der Waals surface area (Å²) in [5.74, 6) is -0.564. The highest BCUT2D eigenvalue weighted by atomic mass is 35.5. The zero-order valence-corrected chi connectivity index (χ0v) is 10.0. The van der Waals surface area contributed by atoms with Crippen molar-refractivity contribution < 1.29 is 9.90 Å². The molecule has 0 aliphatic rings. The number of hydrogen-bond donors (Lipinski definition) is 3. The number of nitrogens with zero attached hydrogens (tertiary/aromatic N) is 1. The quantitative estimate of drug-likeness (QED) is 0.731. The lowest BCUT2D eigenvalue weighted by Crippen LogP contribution is -2.49. The zero-order chi connectivity index (χ0) is 11.5. The van der Waals surface area contributed by atoms with Gasteiger partial charge < -0.3 is 16.2 Å². The monoisotopic (exact) mass is 245 g/mol. The van der Waals surface area contributed by atoms with Crippen LogP contribution in [-0.4, -0.2) is 28.1 Å². The van der Waals surface area contributed by atoms with Crippen LogP contribution in [0.15, 0.2) is 18.3 Å². The lowest BCUT2D eigenvalue weighted by atomic mass is 10.1. The van der Waals surface area contributed by atoms with Gasteiger partial charge in [0.2, 0.25) is 0 Å². The lowest BCUT2D eigenvalue weighted by molar-refractivity contribution is 0.0907. The minimum Gasteiger partial charge on any atom is -0.505 e. The Bertz CT molecular complexity index is 369. The standard InChI is InChI=1S/C10H15N3O2.ClH/c1-10(2,6-11)13-9(15)8-7(14)4-3-5-12-8;/h3-5,14H,6,11H2,1-2H3,(H,13,15);1H. The van der Waals surface area contributed by atoms with Gasteiger partial charge in [-0.1, -0.05) is 0 Å². The Morgan fingerprint density at radius 1 is 1.62 bits per heavy atom. The van der Waals surface area contributed by atoms with E-state index in [4.69, 9.17) is 5.73 Å². The molecule has 1 rings (SSSR count). The van der Waals surface area contributed by atoms with E-state index in [1.165, 1.54) is 12.3 Å². The maximum atomic E-state index is 11.7. The summed E-state index contributed by atoms with van der Waals surface area (Å²) in [6, 6.07) is 2.97. The molecule has 90 valence electrons. The highest BCUT2D eigenvalue weighted by Crippen LogP contribution is 2.13. The molecule has 1 heterocycles.